The van der Waals surface area contributed by atoms with Gasteiger partial charge in [0.05, 0.1) is 33.4 Å². The average molecular weight is 335 g/mol. The Kier molecular flexibility index (Phi) is 4.17. The van der Waals surface area contributed by atoms with Crippen LogP contribution < -0.4 is 5.73 Å². The van der Waals surface area contributed by atoms with E-state index in [1.54, 1.807) is 6.92 Å². The minimum absolute atomic E-state index is 0.00882. The van der Waals surface area contributed by atoms with Gasteiger partial charge in [0.15, 0.2) is 10.8 Å². The van der Waals surface area contributed by atoms with Crippen molar-refractivity contribution in [3.63, 3.8) is 0 Å². The molecule has 0 aliphatic rings. The SMILES string of the molecule is COC(=O)c1nc(-c2sc(F)c(C)c2Cl)cc(N)c1Cl. The number of hydrogen-bond acceptors (Lipinski definition) is 5. The summed E-state index contributed by atoms with van der Waals surface area (Å²) in [5.74, 6) is -0.728. The van der Waals surface area contributed by atoms with Crippen molar-refractivity contribution in [1.82, 2.24) is 4.98 Å². The van der Waals surface area contributed by atoms with Gasteiger partial charge in [-0.15, -0.1) is 11.3 Å². The predicted octanol–water partition coefficient (Wildman–Crippen LogP) is 3.93. The summed E-state index contributed by atoms with van der Waals surface area (Å²) in [6.07, 6.45) is 0. The van der Waals surface area contributed by atoms with Crippen molar-refractivity contribution < 1.29 is 13.9 Å². The second kappa shape index (κ2) is 5.55. The number of nitrogens with two attached hydrogens (primary N) is 1. The number of thiophene rings is 1. The van der Waals surface area contributed by atoms with E-state index in [0.717, 1.165) is 11.3 Å². The third-order valence-corrected chi connectivity index (χ3v) is 4.70. The molecule has 0 saturated carbocycles. The maximum atomic E-state index is 13.5. The van der Waals surface area contributed by atoms with E-state index in [2.05, 4.69) is 9.72 Å². The molecule has 0 saturated heterocycles. The number of nitrogen functional groups attached to an aromatic ring is 1. The fourth-order valence-electron chi connectivity index (χ4n) is 1.53. The van der Waals surface area contributed by atoms with Crippen LogP contribution in [0.2, 0.25) is 10.0 Å². The lowest BCUT2D eigenvalue weighted by Gasteiger charge is -2.07. The molecular formula is C12H9Cl2FN2O2S. The Balaban J connectivity index is 2.66. The molecule has 2 heterocycles. The van der Waals surface area contributed by atoms with E-state index in [-0.39, 0.29) is 27.1 Å². The fourth-order valence-corrected chi connectivity index (χ4v) is 2.94. The summed E-state index contributed by atoms with van der Waals surface area (Å²) in [5.41, 5.74) is 6.33. The van der Waals surface area contributed by atoms with Gasteiger partial charge in [-0.2, -0.15) is 4.39 Å². The summed E-state index contributed by atoms with van der Waals surface area (Å²) in [6, 6.07) is 1.44. The zero-order valence-corrected chi connectivity index (χ0v) is 12.8. The number of methoxy groups -OCH3 is 1. The molecule has 0 spiro atoms. The first kappa shape index (κ1) is 15.0. The van der Waals surface area contributed by atoms with Crippen molar-refractivity contribution in [1.29, 1.82) is 0 Å². The number of aromatic nitrogens is 1. The predicted molar refractivity (Wildman–Crippen MR) is 78.0 cm³/mol. The molecule has 0 unspecified atom stereocenters. The Morgan fingerprint density at radius 3 is 2.60 bits per heavy atom. The van der Waals surface area contributed by atoms with Gasteiger partial charge in [-0.1, -0.05) is 23.2 Å². The Bertz CT molecular complexity index is 703. The van der Waals surface area contributed by atoms with Crippen LogP contribution in [0.15, 0.2) is 6.07 Å². The highest BCUT2D eigenvalue weighted by molar-refractivity contribution is 7.14. The van der Waals surface area contributed by atoms with Crippen LogP contribution in [0.4, 0.5) is 10.1 Å². The number of carbonyl (C=O) groups is 1. The van der Waals surface area contributed by atoms with Crippen LogP contribution >= 0.6 is 34.5 Å². The molecule has 0 aromatic carbocycles. The van der Waals surface area contributed by atoms with Gasteiger partial charge >= 0.3 is 5.97 Å². The number of esters is 1. The van der Waals surface area contributed by atoms with Crippen LogP contribution in [0.1, 0.15) is 16.1 Å². The monoisotopic (exact) mass is 334 g/mol. The molecule has 0 aliphatic carbocycles. The molecule has 2 aromatic heterocycles. The van der Waals surface area contributed by atoms with Gasteiger partial charge in [0.2, 0.25) is 0 Å². The maximum Gasteiger partial charge on any atom is 0.358 e. The van der Waals surface area contributed by atoms with Gasteiger partial charge < -0.3 is 10.5 Å². The van der Waals surface area contributed by atoms with E-state index in [0.29, 0.717) is 10.4 Å². The lowest BCUT2D eigenvalue weighted by molar-refractivity contribution is 0.0594. The van der Waals surface area contributed by atoms with Gasteiger partial charge in [0.1, 0.15) is 0 Å². The molecule has 0 radical (unpaired) electrons. The van der Waals surface area contributed by atoms with Crippen molar-refractivity contribution in [2.75, 3.05) is 12.8 Å². The smallest absolute Gasteiger partial charge is 0.358 e. The van der Waals surface area contributed by atoms with Gasteiger partial charge in [0.25, 0.3) is 0 Å². The summed E-state index contributed by atoms with van der Waals surface area (Å²) in [4.78, 5) is 16.0. The summed E-state index contributed by atoms with van der Waals surface area (Å²) in [7, 11) is 1.20. The molecule has 0 fully saturated rings. The lowest BCUT2D eigenvalue weighted by Crippen LogP contribution is -2.07. The second-order valence-electron chi connectivity index (χ2n) is 3.89. The number of anilines is 1. The number of nitrogens with zero attached hydrogens (tertiary/aromatic N) is 1. The standard InChI is InChI=1S/C12H9Cl2FN2O2S/c1-4-7(13)10(20-11(4)15)6-3-5(16)8(14)9(17-6)12(18)19-2/h3H,1-2H3,(H2,16,17). The van der Waals surface area contributed by atoms with Crippen LogP contribution in [-0.4, -0.2) is 18.1 Å². The topological polar surface area (TPSA) is 65.2 Å². The van der Waals surface area contributed by atoms with Crippen molar-refractivity contribution in [2.45, 2.75) is 6.92 Å². The van der Waals surface area contributed by atoms with Crippen LogP contribution in [0.5, 0.6) is 0 Å². The highest BCUT2D eigenvalue weighted by Crippen LogP contribution is 2.40. The molecule has 0 aliphatic heterocycles. The van der Waals surface area contributed by atoms with Gasteiger partial charge in [-0.25, -0.2) is 9.78 Å². The Morgan fingerprint density at radius 2 is 2.10 bits per heavy atom. The minimum Gasteiger partial charge on any atom is -0.464 e. The molecule has 0 bridgehead atoms. The molecule has 2 aromatic rings. The van der Waals surface area contributed by atoms with Crippen molar-refractivity contribution in [2.24, 2.45) is 0 Å². The number of ether oxygens (including phenoxy) is 1. The molecular weight excluding hydrogens is 326 g/mol. The van der Waals surface area contributed by atoms with Crippen LogP contribution in [0, 0.1) is 12.1 Å². The summed E-state index contributed by atoms with van der Waals surface area (Å²) in [5, 5.41) is -0.192. The minimum atomic E-state index is -0.728. The van der Waals surface area contributed by atoms with Gasteiger partial charge in [-0.3, -0.25) is 0 Å². The molecule has 106 valence electrons. The van der Waals surface area contributed by atoms with Gasteiger partial charge in [-0.05, 0) is 13.0 Å². The highest BCUT2D eigenvalue weighted by atomic mass is 35.5. The maximum absolute atomic E-state index is 13.5. The number of hydrogen-bond donors (Lipinski definition) is 1. The lowest BCUT2D eigenvalue weighted by atomic mass is 10.2. The van der Waals surface area contributed by atoms with E-state index in [1.165, 1.54) is 13.2 Å². The van der Waals surface area contributed by atoms with Crippen LogP contribution in [0.25, 0.3) is 10.6 Å². The highest BCUT2D eigenvalue weighted by Gasteiger charge is 2.21. The zero-order valence-electron chi connectivity index (χ0n) is 10.5. The zero-order chi connectivity index (χ0) is 15.0. The third kappa shape index (κ3) is 2.46. The van der Waals surface area contributed by atoms with Crippen molar-refractivity contribution >= 4 is 46.2 Å². The molecule has 2 N–H and O–H groups in total. The Labute approximate surface area is 128 Å². The van der Waals surface area contributed by atoms with E-state index < -0.39 is 11.1 Å². The second-order valence-corrected chi connectivity index (χ2v) is 5.62. The normalized spacial score (nSPS) is 10.7. The molecule has 2 rings (SSSR count). The average Bonchev–Trinajstić information content (AvgIpc) is 2.68. The summed E-state index contributed by atoms with van der Waals surface area (Å²) in [6.45, 7) is 1.55. The molecule has 0 atom stereocenters. The molecule has 20 heavy (non-hydrogen) atoms. The summed E-state index contributed by atoms with van der Waals surface area (Å²) >= 11 is 12.8. The van der Waals surface area contributed by atoms with Crippen LogP contribution in [-0.2, 0) is 4.74 Å². The summed E-state index contributed by atoms with van der Waals surface area (Å²) < 4.78 is 18.1. The first-order valence-corrected chi connectivity index (χ1v) is 6.93. The quantitative estimate of drug-likeness (QED) is 0.845. The van der Waals surface area contributed by atoms with Gasteiger partial charge in [0, 0.05) is 5.56 Å². The Hall–Kier alpha value is -1.37. The van der Waals surface area contributed by atoms with E-state index in [1.807, 2.05) is 0 Å². The largest absolute Gasteiger partial charge is 0.464 e. The van der Waals surface area contributed by atoms with E-state index in [9.17, 15) is 9.18 Å². The molecule has 8 heteroatoms. The Morgan fingerprint density at radius 1 is 1.45 bits per heavy atom. The number of halogens is 3. The third-order valence-electron chi connectivity index (χ3n) is 2.61. The number of carbonyl (C=O) groups excluding carboxylic acids is 1. The molecule has 4 nitrogen and oxygen atoms in total. The van der Waals surface area contributed by atoms with E-state index >= 15 is 0 Å². The van der Waals surface area contributed by atoms with Crippen molar-refractivity contribution in [3.05, 3.63) is 32.5 Å². The van der Waals surface area contributed by atoms with E-state index in [4.69, 9.17) is 28.9 Å². The number of pyridine rings is 1. The first-order valence-electron chi connectivity index (χ1n) is 5.35. The number of rotatable bonds is 2. The molecule has 0 amide bonds. The van der Waals surface area contributed by atoms with Crippen LogP contribution in [0.3, 0.4) is 0 Å². The van der Waals surface area contributed by atoms with Crippen molar-refractivity contribution in [3.8, 4) is 10.6 Å². The first-order chi connectivity index (χ1) is 9.36. The fraction of sp³-hybridized carbons (Fsp3) is 0.167.